The predicted molar refractivity (Wildman–Crippen MR) is 370 cm³/mol. The second kappa shape index (κ2) is 45.3. The highest BCUT2D eigenvalue weighted by Crippen LogP contribution is 2.20. The topological polar surface area (TPSA) is 693 Å². The monoisotopic (exact) mass is 1470 g/mol. The number of carboxylic acid groups (broad SMARTS) is 2. The first kappa shape index (κ1) is 87.5. The molecule has 0 aliphatic carbocycles. The molecular formula is C64H101N21O19. The first-order valence-corrected chi connectivity index (χ1v) is 33.9. The zero-order valence-corrected chi connectivity index (χ0v) is 58.3. The number of aliphatic hydroxyl groups is 1. The highest BCUT2D eigenvalue weighted by molar-refractivity contribution is 6.01. The molecule has 0 unspecified atom stereocenters. The number of nitrogens with zero attached hydrogens (tertiary/aromatic N) is 1. The molecule has 576 valence electrons. The molecular weight excluding hydrogens is 1370 g/mol. The van der Waals surface area contributed by atoms with Crippen LogP contribution in [-0.4, -0.2) is 224 Å². The lowest BCUT2D eigenvalue weighted by molar-refractivity contribution is -0.143. The van der Waals surface area contributed by atoms with Gasteiger partial charge in [-0.15, -0.1) is 0 Å². The van der Waals surface area contributed by atoms with Gasteiger partial charge in [0, 0.05) is 42.6 Å². The van der Waals surface area contributed by atoms with E-state index in [0.717, 1.165) is 6.92 Å². The van der Waals surface area contributed by atoms with E-state index in [1.807, 2.05) is 0 Å². The van der Waals surface area contributed by atoms with Crippen LogP contribution in [0.5, 0.6) is 0 Å². The van der Waals surface area contributed by atoms with Crippen molar-refractivity contribution >= 4 is 106 Å². The fourth-order valence-electron chi connectivity index (χ4n) is 10.6. The van der Waals surface area contributed by atoms with E-state index in [9.17, 15) is 92.0 Å². The summed E-state index contributed by atoms with van der Waals surface area (Å²) in [7, 11) is 0. The number of imidazole rings is 1. The fourth-order valence-corrected chi connectivity index (χ4v) is 10.6. The molecule has 104 heavy (non-hydrogen) atoms. The van der Waals surface area contributed by atoms with E-state index < -0.39 is 225 Å². The number of fused-ring (bicyclic) bond motifs is 1. The summed E-state index contributed by atoms with van der Waals surface area (Å²) < 4.78 is 0. The average Bonchev–Trinajstić information content (AvgIpc) is 1.60. The molecule has 2 aromatic heterocycles. The maximum atomic E-state index is 15.0. The molecule has 40 heteroatoms. The number of aliphatic carboxylic acids is 2. The van der Waals surface area contributed by atoms with Gasteiger partial charge in [0.1, 0.15) is 66.5 Å². The number of carboxylic acids is 2. The normalized spacial score (nSPS) is 14.9. The van der Waals surface area contributed by atoms with Gasteiger partial charge in [-0.3, -0.25) is 71.9 Å². The zero-order chi connectivity index (χ0) is 77.8. The van der Waals surface area contributed by atoms with Gasteiger partial charge in [-0.05, 0) is 108 Å². The number of nitrogens with one attached hydrogen (secondary N) is 13. The molecule has 0 saturated carbocycles. The van der Waals surface area contributed by atoms with Crippen molar-refractivity contribution in [1.29, 1.82) is 0 Å². The molecule has 40 nitrogen and oxygen atoms in total. The Morgan fingerprint density at radius 1 is 0.462 bits per heavy atom. The van der Waals surface area contributed by atoms with Crippen LogP contribution in [0.15, 0.2) is 43.0 Å². The Kier molecular flexibility index (Phi) is 38.1. The minimum Gasteiger partial charge on any atom is -0.481 e. The van der Waals surface area contributed by atoms with Crippen molar-refractivity contribution in [3.63, 3.8) is 0 Å². The number of primary amides is 3. The van der Waals surface area contributed by atoms with E-state index in [-0.39, 0.29) is 70.3 Å². The van der Waals surface area contributed by atoms with Crippen molar-refractivity contribution in [2.75, 3.05) is 26.2 Å². The van der Waals surface area contributed by atoms with Crippen molar-refractivity contribution in [2.45, 2.75) is 202 Å². The van der Waals surface area contributed by atoms with E-state index in [1.54, 1.807) is 31.2 Å². The van der Waals surface area contributed by atoms with Gasteiger partial charge in [0.25, 0.3) is 0 Å². The molecule has 3 rings (SSSR count). The smallest absolute Gasteiger partial charge is 0.326 e. The van der Waals surface area contributed by atoms with Crippen LogP contribution in [-0.2, 0) is 89.6 Å². The number of H-pyrrole nitrogens is 2. The minimum atomic E-state index is -2.10. The molecule has 0 saturated heterocycles. The number of aromatic nitrogens is 3. The summed E-state index contributed by atoms with van der Waals surface area (Å²) in [6.07, 6.45) is -0.546. The summed E-state index contributed by atoms with van der Waals surface area (Å²) in [5.41, 5.74) is 40.0. The Morgan fingerprint density at radius 3 is 1.31 bits per heavy atom. The second-order valence-corrected chi connectivity index (χ2v) is 24.9. The lowest BCUT2D eigenvalue weighted by Crippen LogP contribution is -2.62. The van der Waals surface area contributed by atoms with Gasteiger partial charge in [0.2, 0.25) is 82.7 Å². The Labute approximate surface area is 598 Å². The van der Waals surface area contributed by atoms with Crippen LogP contribution in [0, 0.1) is 5.92 Å². The van der Waals surface area contributed by atoms with Crippen molar-refractivity contribution < 1.29 is 92.0 Å². The van der Waals surface area contributed by atoms with Gasteiger partial charge in [-0.2, -0.15) is 0 Å². The largest absolute Gasteiger partial charge is 0.481 e. The van der Waals surface area contributed by atoms with Gasteiger partial charge in [0.05, 0.1) is 43.9 Å². The van der Waals surface area contributed by atoms with Crippen LogP contribution in [0.4, 0.5) is 0 Å². The Hall–Kier alpha value is -10.7. The Bertz CT molecular complexity index is 3430. The van der Waals surface area contributed by atoms with Crippen molar-refractivity contribution in [3.8, 4) is 0 Å². The molecule has 0 aliphatic heterocycles. The number of hydrogen-bond donors (Lipinski definition) is 23. The fraction of sp³-hybridized carbons (Fsp3) is 0.578. The highest BCUT2D eigenvalue weighted by atomic mass is 16.4. The first-order valence-electron chi connectivity index (χ1n) is 33.9. The number of amides is 14. The van der Waals surface area contributed by atoms with Gasteiger partial charge < -0.3 is 124 Å². The molecule has 0 fully saturated rings. The van der Waals surface area contributed by atoms with E-state index in [2.05, 4.69) is 73.4 Å². The number of carbonyl (C=O) groups is 16. The van der Waals surface area contributed by atoms with Gasteiger partial charge in [0.15, 0.2) is 0 Å². The Morgan fingerprint density at radius 2 is 0.875 bits per heavy atom. The SMILES string of the molecule is CC[C@H](C)[C@H](NC(=O)[C@H](CC(N)=O)NC(=O)[C@H](Cc1c[nH]cn1)NC(=O)[C@H](CCCCN)NC(=O)[C@H](Cc1c[nH]c2ccccc12)NC(=O)[C@H](CC(=O)O)NC(=O)[C@H](CC(N)=O)NC(=O)[C@H](CCCCN)NC(=O)[C@H](CCCCN)NC(=O)CN)C(=O)N[C@H](C(=O)N[C@@H](CCC(N)=O)C(=O)O)[C@@H](C)O. The van der Waals surface area contributed by atoms with Crippen LogP contribution in [0.1, 0.15) is 128 Å². The molecule has 30 N–H and O–H groups in total. The molecule has 14 amide bonds. The summed E-state index contributed by atoms with van der Waals surface area (Å²) in [4.78, 5) is 226. The van der Waals surface area contributed by atoms with E-state index >= 15 is 0 Å². The maximum Gasteiger partial charge on any atom is 0.326 e. The summed E-state index contributed by atoms with van der Waals surface area (Å²) in [6, 6.07) is -12.1. The standard InChI is InChI=1S/C64H101N21O19/c1-4-32(2)52(62(101)85-53(33(3)86)63(102)78-41(64(103)104)18-19-47(69)87)84-61(100)45(26-49(71)89)82-58(97)43(24-35-30-72-31-74-35)80-55(94)40(17-9-12-22-67)77-57(96)42(23-34-29-73-37-14-6-5-13-36(34)37)79-60(99)46(27-51(91)92)83-59(98)44(25-48(70)88)81-56(95)39(16-8-11-21-66)76-54(93)38(15-7-10-20-65)75-50(90)28-68/h5-6,13-14,29-33,38-46,52-53,73,86H,4,7-12,15-28,65-68H2,1-3H3,(H2,69,87)(H2,70,88)(H2,71,89)(H,72,74)(H,75,90)(H,76,93)(H,77,96)(H,78,102)(H,79,99)(H,80,94)(H,81,95)(H,82,97)(H,83,98)(H,84,100)(H,85,101)(H,91,92)(H,103,104)/t32-,33+,38-,39-,40-,41-,42-,43-,44-,45-,46-,52-,53-/m0/s1. The molecule has 0 bridgehead atoms. The summed E-state index contributed by atoms with van der Waals surface area (Å²) in [5, 5.41) is 57.4. The van der Waals surface area contributed by atoms with Crippen LogP contribution < -0.4 is 98.6 Å². The molecule has 3 aromatic rings. The number of hydrogen-bond acceptors (Lipinski definition) is 22. The third-order valence-electron chi connectivity index (χ3n) is 16.5. The quantitative estimate of drug-likeness (QED) is 0.0234. The zero-order valence-electron chi connectivity index (χ0n) is 58.3. The second-order valence-electron chi connectivity index (χ2n) is 24.9. The lowest BCUT2D eigenvalue weighted by atomic mass is 9.96. The van der Waals surface area contributed by atoms with Crippen LogP contribution in [0.25, 0.3) is 10.9 Å². The van der Waals surface area contributed by atoms with Crippen molar-refractivity contribution in [2.24, 2.45) is 46.1 Å². The predicted octanol–water partition coefficient (Wildman–Crippen LogP) is -7.64. The van der Waals surface area contributed by atoms with E-state index in [0.29, 0.717) is 35.7 Å². The number of aromatic amines is 2. The van der Waals surface area contributed by atoms with Gasteiger partial charge >= 0.3 is 11.9 Å². The van der Waals surface area contributed by atoms with Crippen LogP contribution in [0.3, 0.4) is 0 Å². The number of rotatable bonds is 51. The summed E-state index contributed by atoms with van der Waals surface area (Å²) in [6.45, 7) is 4.29. The summed E-state index contributed by atoms with van der Waals surface area (Å²) >= 11 is 0. The van der Waals surface area contributed by atoms with Crippen LogP contribution >= 0.6 is 0 Å². The van der Waals surface area contributed by atoms with Gasteiger partial charge in [-0.25, -0.2) is 9.78 Å². The molecule has 0 aliphatic rings. The molecule has 0 radical (unpaired) electrons. The third-order valence-corrected chi connectivity index (χ3v) is 16.5. The molecule has 2 heterocycles. The molecule has 13 atom stereocenters. The first-order chi connectivity index (χ1) is 49.3. The van der Waals surface area contributed by atoms with Crippen molar-refractivity contribution in [1.82, 2.24) is 73.4 Å². The van der Waals surface area contributed by atoms with E-state index in [1.165, 1.54) is 25.6 Å². The molecule has 0 spiro atoms. The third kappa shape index (κ3) is 30.5. The average molecular weight is 1470 g/mol. The highest BCUT2D eigenvalue weighted by Gasteiger charge is 2.39. The summed E-state index contributed by atoms with van der Waals surface area (Å²) in [5.74, 6) is -19.2. The maximum absolute atomic E-state index is 15.0. The number of carbonyl (C=O) groups excluding carboxylic acids is 14. The lowest BCUT2D eigenvalue weighted by Gasteiger charge is -2.30. The number of unbranched alkanes of at least 4 members (excludes halogenated alkanes) is 3. The van der Waals surface area contributed by atoms with Gasteiger partial charge in [-0.1, -0.05) is 38.5 Å². The van der Waals surface area contributed by atoms with Crippen molar-refractivity contribution in [3.05, 3.63) is 54.2 Å². The van der Waals surface area contributed by atoms with E-state index in [4.69, 9.17) is 40.1 Å². The number of para-hydroxylation sites is 1. The van der Waals surface area contributed by atoms with Crippen LogP contribution in [0.2, 0.25) is 0 Å². The minimum absolute atomic E-state index is 0.0862. The Balaban J connectivity index is 2.05. The number of benzene rings is 1. The number of aliphatic hydroxyl groups excluding tert-OH is 1. The molecule has 1 aromatic carbocycles. The number of nitrogens with two attached hydrogens (primary N) is 7.